The van der Waals surface area contributed by atoms with E-state index in [1.54, 1.807) is 0 Å². The molecule has 0 atom stereocenters. The zero-order chi connectivity index (χ0) is 13.5. The number of halogens is 1. The molecule has 0 bridgehead atoms. The van der Waals surface area contributed by atoms with Crippen molar-refractivity contribution in [3.05, 3.63) is 28.7 Å². The van der Waals surface area contributed by atoms with Crippen molar-refractivity contribution in [2.75, 3.05) is 31.6 Å². The normalized spacial score (nSPS) is 16.3. The van der Waals surface area contributed by atoms with Crippen LogP contribution in [0.25, 0.3) is 0 Å². The van der Waals surface area contributed by atoms with Gasteiger partial charge in [-0.3, -0.25) is 4.79 Å². The van der Waals surface area contributed by atoms with Crippen molar-refractivity contribution in [1.82, 2.24) is 5.32 Å². The monoisotopic (exact) mass is 326 g/mol. The molecule has 1 amide bonds. The quantitative estimate of drug-likeness (QED) is 0.873. The number of hydrogen-bond donors (Lipinski definition) is 2. The lowest BCUT2D eigenvalue weighted by Gasteiger charge is -2.22. The minimum absolute atomic E-state index is 0.00911. The van der Waals surface area contributed by atoms with Crippen molar-refractivity contribution in [2.24, 2.45) is 5.92 Å². The smallest absolute Gasteiger partial charge is 0.238 e. The highest BCUT2D eigenvalue weighted by Gasteiger charge is 2.13. The average Bonchev–Trinajstić information content (AvgIpc) is 2.40. The van der Waals surface area contributed by atoms with E-state index in [-0.39, 0.29) is 5.91 Å². The minimum atomic E-state index is -0.00911. The van der Waals surface area contributed by atoms with E-state index in [1.807, 2.05) is 24.3 Å². The molecule has 0 unspecified atom stereocenters. The Kier molecular flexibility index (Phi) is 5.82. The number of amides is 1. The zero-order valence-electron chi connectivity index (χ0n) is 10.8. The Balaban J connectivity index is 1.67. The van der Waals surface area contributed by atoms with Gasteiger partial charge in [0.25, 0.3) is 0 Å². The van der Waals surface area contributed by atoms with Gasteiger partial charge in [-0.25, -0.2) is 0 Å². The molecule has 1 aliphatic heterocycles. The van der Waals surface area contributed by atoms with Crippen LogP contribution >= 0.6 is 15.9 Å². The van der Waals surface area contributed by atoms with Crippen LogP contribution in [-0.4, -0.2) is 32.2 Å². The Bertz CT molecular complexity index is 420. The first-order valence-corrected chi connectivity index (χ1v) is 7.37. The number of nitrogens with one attached hydrogen (secondary N) is 2. The van der Waals surface area contributed by atoms with E-state index < -0.39 is 0 Å². The van der Waals surface area contributed by atoms with Gasteiger partial charge in [-0.2, -0.15) is 0 Å². The average molecular weight is 327 g/mol. The largest absolute Gasteiger partial charge is 0.381 e. The summed E-state index contributed by atoms with van der Waals surface area (Å²) in [6.45, 7) is 2.92. The summed E-state index contributed by atoms with van der Waals surface area (Å²) in [5, 5.41) is 6.07. The van der Waals surface area contributed by atoms with Gasteiger partial charge in [-0.1, -0.05) is 22.0 Å². The van der Waals surface area contributed by atoms with Gasteiger partial charge in [0, 0.05) is 23.4 Å². The van der Waals surface area contributed by atoms with Crippen LogP contribution in [0.3, 0.4) is 0 Å². The third-order valence-corrected chi connectivity index (χ3v) is 3.66. The van der Waals surface area contributed by atoms with E-state index in [4.69, 9.17) is 4.74 Å². The summed E-state index contributed by atoms with van der Waals surface area (Å²) in [6, 6.07) is 7.59. The number of carbonyl (C=O) groups excluding carboxylic acids is 1. The van der Waals surface area contributed by atoms with Crippen LogP contribution in [-0.2, 0) is 9.53 Å². The molecular weight excluding hydrogens is 308 g/mol. The van der Waals surface area contributed by atoms with Crippen LogP contribution in [0.5, 0.6) is 0 Å². The summed E-state index contributed by atoms with van der Waals surface area (Å²) < 4.78 is 6.26. The molecule has 0 spiro atoms. The molecule has 1 fully saturated rings. The molecule has 1 aromatic carbocycles. The third kappa shape index (κ3) is 5.30. The summed E-state index contributed by atoms with van der Waals surface area (Å²) in [5.41, 5.74) is 0.812. The number of benzene rings is 1. The molecule has 2 N–H and O–H groups in total. The van der Waals surface area contributed by atoms with Gasteiger partial charge < -0.3 is 15.4 Å². The number of anilines is 1. The van der Waals surface area contributed by atoms with E-state index in [2.05, 4.69) is 26.6 Å². The van der Waals surface area contributed by atoms with Gasteiger partial charge in [0.05, 0.1) is 6.54 Å². The Labute approximate surface area is 122 Å². The van der Waals surface area contributed by atoms with Crippen molar-refractivity contribution < 1.29 is 9.53 Å². The maximum atomic E-state index is 11.8. The topological polar surface area (TPSA) is 50.4 Å². The van der Waals surface area contributed by atoms with Crippen molar-refractivity contribution in [2.45, 2.75) is 12.8 Å². The summed E-state index contributed by atoms with van der Waals surface area (Å²) in [6.07, 6.45) is 2.17. The minimum Gasteiger partial charge on any atom is -0.381 e. The highest BCUT2D eigenvalue weighted by Crippen LogP contribution is 2.15. The standard InChI is InChI=1S/C14H19BrN2O2/c15-12-2-1-3-13(8-12)17-14(18)10-16-9-11-4-6-19-7-5-11/h1-3,8,11,16H,4-7,9-10H2,(H,17,18). The lowest BCUT2D eigenvalue weighted by molar-refractivity contribution is -0.115. The molecule has 19 heavy (non-hydrogen) atoms. The van der Waals surface area contributed by atoms with Crippen LogP contribution < -0.4 is 10.6 Å². The summed E-state index contributed by atoms with van der Waals surface area (Å²) in [5.74, 6) is 0.623. The molecule has 0 aromatic heterocycles. The molecule has 1 heterocycles. The maximum absolute atomic E-state index is 11.8. The zero-order valence-corrected chi connectivity index (χ0v) is 12.4. The molecule has 0 aliphatic carbocycles. The van der Waals surface area contributed by atoms with E-state index in [1.165, 1.54) is 0 Å². The second kappa shape index (κ2) is 7.62. The fraction of sp³-hybridized carbons (Fsp3) is 0.500. The van der Waals surface area contributed by atoms with Gasteiger partial charge in [-0.15, -0.1) is 0 Å². The van der Waals surface area contributed by atoms with Gasteiger partial charge in [-0.05, 0) is 43.5 Å². The van der Waals surface area contributed by atoms with Crippen LogP contribution in [0.4, 0.5) is 5.69 Å². The number of ether oxygens (including phenoxy) is 1. The van der Waals surface area contributed by atoms with Gasteiger partial charge in [0.2, 0.25) is 5.91 Å². The van der Waals surface area contributed by atoms with Crippen molar-refractivity contribution in [3.8, 4) is 0 Å². The van der Waals surface area contributed by atoms with Gasteiger partial charge in [0.1, 0.15) is 0 Å². The molecule has 0 radical (unpaired) electrons. The van der Waals surface area contributed by atoms with E-state index >= 15 is 0 Å². The number of hydrogen-bond acceptors (Lipinski definition) is 3. The number of carbonyl (C=O) groups is 1. The fourth-order valence-corrected chi connectivity index (χ4v) is 2.51. The Morgan fingerprint density at radius 2 is 2.16 bits per heavy atom. The molecule has 2 rings (SSSR count). The molecule has 4 nitrogen and oxygen atoms in total. The first-order chi connectivity index (χ1) is 9.24. The van der Waals surface area contributed by atoms with Crippen LogP contribution in [0, 0.1) is 5.92 Å². The van der Waals surface area contributed by atoms with Crippen LogP contribution in [0.1, 0.15) is 12.8 Å². The SMILES string of the molecule is O=C(CNCC1CCOCC1)Nc1cccc(Br)c1. The van der Waals surface area contributed by atoms with Crippen molar-refractivity contribution >= 4 is 27.5 Å². The van der Waals surface area contributed by atoms with Crippen molar-refractivity contribution in [3.63, 3.8) is 0 Å². The molecule has 104 valence electrons. The summed E-state index contributed by atoms with van der Waals surface area (Å²) in [4.78, 5) is 11.8. The maximum Gasteiger partial charge on any atom is 0.238 e. The Morgan fingerprint density at radius 3 is 2.89 bits per heavy atom. The fourth-order valence-electron chi connectivity index (χ4n) is 2.11. The summed E-state index contributed by atoms with van der Waals surface area (Å²) in [7, 11) is 0. The van der Waals surface area contributed by atoms with Gasteiger partial charge >= 0.3 is 0 Å². The predicted molar refractivity (Wildman–Crippen MR) is 79.2 cm³/mol. The molecule has 1 aliphatic rings. The first kappa shape index (κ1) is 14.5. The van der Waals surface area contributed by atoms with Gasteiger partial charge in [0.15, 0.2) is 0 Å². The van der Waals surface area contributed by atoms with Crippen LogP contribution in [0.15, 0.2) is 28.7 Å². The molecule has 0 saturated carbocycles. The first-order valence-electron chi connectivity index (χ1n) is 6.58. The molecular formula is C14H19BrN2O2. The molecule has 1 saturated heterocycles. The number of rotatable bonds is 5. The second-order valence-electron chi connectivity index (χ2n) is 4.75. The highest BCUT2D eigenvalue weighted by atomic mass is 79.9. The van der Waals surface area contributed by atoms with Crippen molar-refractivity contribution in [1.29, 1.82) is 0 Å². The Hall–Kier alpha value is -0.910. The summed E-state index contributed by atoms with van der Waals surface area (Å²) >= 11 is 3.38. The molecule has 5 heteroatoms. The second-order valence-corrected chi connectivity index (χ2v) is 5.66. The van der Waals surface area contributed by atoms with E-state index in [9.17, 15) is 4.79 Å². The predicted octanol–water partition coefficient (Wildman–Crippen LogP) is 2.40. The third-order valence-electron chi connectivity index (χ3n) is 3.17. The van der Waals surface area contributed by atoms with E-state index in [0.717, 1.165) is 42.8 Å². The molecule has 1 aromatic rings. The highest BCUT2D eigenvalue weighted by molar-refractivity contribution is 9.10. The Morgan fingerprint density at radius 1 is 1.37 bits per heavy atom. The van der Waals surface area contributed by atoms with Crippen LogP contribution in [0.2, 0.25) is 0 Å². The lowest BCUT2D eigenvalue weighted by atomic mass is 10.0. The lowest BCUT2D eigenvalue weighted by Crippen LogP contribution is -2.33. The van der Waals surface area contributed by atoms with E-state index in [0.29, 0.717) is 12.5 Å².